The normalized spacial score (nSPS) is 10.6. The third-order valence-electron chi connectivity index (χ3n) is 4.38. The first-order valence-electron chi connectivity index (χ1n) is 9.80. The van der Waals surface area contributed by atoms with Gasteiger partial charge < -0.3 is 15.0 Å². The Hall–Kier alpha value is -1.89. The number of carbonyl (C=O) groups excluding carboxylic acids is 3. The van der Waals surface area contributed by atoms with E-state index in [9.17, 15) is 14.4 Å². The second-order valence-corrected chi connectivity index (χ2v) is 7.34. The average Bonchev–Trinajstić information content (AvgIpc) is 2.96. The first-order valence-corrected chi connectivity index (χ1v) is 10.6. The van der Waals surface area contributed by atoms with Crippen LogP contribution in [0.25, 0.3) is 0 Å². The van der Waals surface area contributed by atoms with Crippen LogP contribution in [-0.2, 0) is 9.53 Å². The SMILES string of the molecule is CCCCCCC(=O)Nc1sc(C(=O)N(CC)CC)c(C)c1C(=O)OCC. The van der Waals surface area contributed by atoms with Crippen molar-refractivity contribution < 1.29 is 19.1 Å². The molecule has 1 heterocycles. The van der Waals surface area contributed by atoms with Crippen LogP contribution in [0.15, 0.2) is 0 Å². The van der Waals surface area contributed by atoms with Gasteiger partial charge in [0.2, 0.25) is 5.91 Å². The van der Waals surface area contributed by atoms with Crippen molar-refractivity contribution in [2.24, 2.45) is 0 Å². The summed E-state index contributed by atoms with van der Waals surface area (Å²) in [7, 11) is 0. The lowest BCUT2D eigenvalue weighted by molar-refractivity contribution is -0.116. The molecular formula is C20H32N2O4S. The van der Waals surface area contributed by atoms with Crippen molar-refractivity contribution in [1.29, 1.82) is 0 Å². The third kappa shape index (κ3) is 6.34. The van der Waals surface area contributed by atoms with Crippen molar-refractivity contribution in [1.82, 2.24) is 4.90 Å². The molecule has 0 aliphatic carbocycles. The average molecular weight is 397 g/mol. The Balaban J connectivity index is 3.10. The van der Waals surface area contributed by atoms with E-state index in [1.807, 2.05) is 13.8 Å². The van der Waals surface area contributed by atoms with Gasteiger partial charge in [-0.05, 0) is 39.7 Å². The van der Waals surface area contributed by atoms with Gasteiger partial charge in [0.1, 0.15) is 5.00 Å². The smallest absolute Gasteiger partial charge is 0.341 e. The van der Waals surface area contributed by atoms with E-state index >= 15 is 0 Å². The summed E-state index contributed by atoms with van der Waals surface area (Å²) in [5, 5.41) is 3.23. The van der Waals surface area contributed by atoms with Crippen LogP contribution >= 0.6 is 11.3 Å². The number of esters is 1. The number of hydrogen-bond acceptors (Lipinski definition) is 5. The van der Waals surface area contributed by atoms with Gasteiger partial charge in [-0.3, -0.25) is 9.59 Å². The van der Waals surface area contributed by atoms with Crippen LogP contribution in [0.4, 0.5) is 5.00 Å². The summed E-state index contributed by atoms with van der Waals surface area (Å²) in [4.78, 5) is 39.7. The molecule has 0 bridgehead atoms. The largest absolute Gasteiger partial charge is 0.462 e. The number of ether oxygens (including phenoxy) is 1. The van der Waals surface area contributed by atoms with Crippen molar-refractivity contribution >= 4 is 34.1 Å². The summed E-state index contributed by atoms with van der Waals surface area (Å²) >= 11 is 1.16. The predicted octanol–water partition coefficient (Wildman–Crippen LogP) is 4.62. The minimum Gasteiger partial charge on any atom is -0.462 e. The first kappa shape index (κ1) is 23.1. The van der Waals surface area contributed by atoms with Crippen LogP contribution in [0.2, 0.25) is 0 Å². The van der Waals surface area contributed by atoms with E-state index in [1.54, 1.807) is 18.7 Å². The van der Waals surface area contributed by atoms with E-state index in [0.717, 1.165) is 37.0 Å². The monoisotopic (exact) mass is 396 g/mol. The Bertz CT molecular complexity index is 651. The third-order valence-corrected chi connectivity index (χ3v) is 5.58. The van der Waals surface area contributed by atoms with Crippen molar-refractivity contribution in [3.05, 3.63) is 16.0 Å². The maximum Gasteiger partial charge on any atom is 0.341 e. The number of nitrogens with zero attached hydrogens (tertiary/aromatic N) is 1. The van der Waals surface area contributed by atoms with Crippen LogP contribution in [0.5, 0.6) is 0 Å². The number of amides is 2. The highest BCUT2D eigenvalue weighted by Gasteiger charge is 2.28. The second-order valence-electron chi connectivity index (χ2n) is 6.32. The van der Waals surface area contributed by atoms with E-state index in [2.05, 4.69) is 12.2 Å². The molecule has 0 aromatic carbocycles. The maximum atomic E-state index is 12.8. The molecule has 0 fully saturated rings. The molecule has 0 unspecified atom stereocenters. The quantitative estimate of drug-likeness (QED) is 0.437. The number of anilines is 1. The van der Waals surface area contributed by atoms with Gasteiger partial charge in [-0.25, -0.2) is 4.79 Å². The van der Waals surface area contributed by atoms with Crippen LogP contribution < -0.4 is 5.32 Å². The van der Waals surface area contributed by atoms with Crippen molar-refractivity contribution in [3.63, 3.8) is 0 Å². The van der Waals surface area contributed by atoms with Gasteiger partial charge in [0, 0.05) is 19.5 Å². The number of nitrogens with one attached hydrogen (secondary N) is 1. The van der Waals surface area contributed by atoms with Gasteiger partial charge in [-0.2, -0.15) is 0 Å². The van der Waals surface area contributed by atoms with Crippen molar-refractivity contribution in [2.75, 3.05) is 25.0 Å². The molecule has 1 aromatic rings. The lowest BCUT2D eigenvalue weighted by atomic mass is 10.1. The Morgan fingerprint density at radius 2 is 1.70 bits per heavy atom. The number of unbranched alkanes of at least 4 members (excludes halogenated alkanes) is 3. The Morgan fingerprint density at radius 1 is 1.04 bits per heavy atom. The fourth-order valence-corrected chi connectivity index (χ4v) is 3.99. The zero-order chi connectivity index (χ0) is 20.4. The number of hydrogen-bond donors (Lipinski definition) is 1. The van der Waals surface area contributed by atoms with Crippen LogP contribution in [0.1, 0.15) is 85.4 Å². The van der Waals surface area contributed by atoms with E-state index in [0.29, 0.717) is 40.5 Å². The number of thiophene rings is 1. The topological polar surface area (TPSA) is 75.7 Å². The lowest BCUT2D eigenvalue weighted by Gasteiger charge is -2.18. The molecule has 27 heavy (non-hydrogen) atoms. The van der Waals surface area contributed by atoms with Crippen molar-refractivity contribution in [3.8, 4) is 0 Å². The van der Waals surface area contributed by atoms with Crippen molar-refractivity contribution in [2.45, 2.75) is 66.7 Å². The van der Waals surface area contributed by atoms with Crippen LogP contribution in [0.3, 0.4) is 0 Å². The van der Waals surface area contributed by atoms with Gasteiger partial charge in [0.15, 0.2) is 0 Å². The molecule has 0 atom stereocenters. The maximum absolute atomic E-state index is 12.8. The molecule has 0 spiro atoms. The first-order chi connectivity index (χ1) is 12.9. The van der Waals surface area contributed by atoms with Gasteiger partial charge in [-0.15, -0.1) is 11.3 Å². The fraction of sp³-hybridized carbons (Fsp3) is 0.650. The summed E-state index contributed by atoms with van der Waals surface area (Å²) in [5.41, 5.74) is 0.857. The van der Waals surface area contributed by atoms with E-state index in [1.165, 1.54) is 0 Å². The van der Waals surface area contributed by atoms with Gasteiger partial charge in [0.25, 0.3) is 5.91 Å². The molecule has 7 heteroatoms. The molecule has 2 amide bonds. The molecular weight excluding hydrogens is 364 g/mol. The molecule has 0 saturated heterocycles. The molecule has 1 rings (SSSR count). The molecule has 0 radical (unpaired) electrons. The molecule has 1 N–H and O–H groups in total. The molecule has 6 nitrogen and oxygen atoms in total. The summed E-state index contributed by atoms with van der Waals surface area (Å²) < 4.78 is 5.14. The standard InChI is InChI=1S/C20H32N2O4S/c1-6-10-11-12-13-15(23)21-18-16(20(25)26-9-4)14(5)17(27-18)19(24)22(7-2)8-3/h6-13H2,1-5H3,(H,21,23). The van der Waals surface area contributed by atoms with E-state index < -0.39 is 5.97 Å². The summed E-state index contributed by atoms with van der Waals surface area (Å²) in [6.45, 7) is 10.8. The highest BCUT2D eigenvalue weighted by atomic mass is 32.1. The summed E-state index contributed by atoms with van der Waals surface area (Å²) in [5.74, 6) is -0.776. The Kier molecular flexibility index (Phi) is 10.1. The number of rotatable bonds is 11. The molecule has 0 aliphatic rings. The summed E-state index contributed by atoms with van der Waals surface area (Å²) in [6.07, 6.45) is 4.42. The Labute approximate surface area is 166 Å². The van der Waals surface area contributed by atoms with E-state index in [-0.39, 0.29) is 18.4 Å². The molecule has 152 valence electrons. The van der Waals surface area contributed by atoms with Crippen LogP contribution in [-0.4, -0.2) is 42.4 Å². The van der Waals surface area contributed by atoms with Gasteiger partial charge >= 0.3 is 5.97 Å². The number of carbonyl (C=O) groups is 3. The van der Waals surface area contributed by atoms with E-state index in [4.69, 9.17) is 4.74 Å². The summed E-state index contributed by atoms with van der Waals surface area (Å²) in [6, 6.07) is 0. The predicted molar refractivity (Wildman–Crippen MR) is 110 cm³/mol. The van der Waals surface area contributed by atoms with Crippen LogP contribution in [0, 0.1) is 6.92 Å². The zero-order valence-corrected chi connectivity index (χ0v) is 18.0. The Morgan fingerprint density at radius 3 is 2.26 bits per heavy atom. The molecule has 0 saturated carbocycles. The van der Waals surface area contributed by atoms with Gasteiger partial charge in [0.05, 0.1) is 17.0 Å². The highest BCUT2D eigenvalue weighted by molar-refractivity contribution is 7.18. The zero-order valence-electron chi connectivity index (χ0n) is 17.1. The highest BCUT2D eigenvalue weighted by Crippen LogP contribution is 2.34. The molecule has 1 aromatic heterocycles. The molecule has 0 aliphatic heterocycles. The lowest BCUT2D eigenvalue weighted by Crippen LogP contribution is -2.30. The fourth-order valence-electron chi connectivity index (χ4n) is 2.81. The minimum absolute atomic E-state index is 0.128. The second kappa shape index (κ2) is 11.7. The minimum atomic E-state index is -0.508. The van der Waals surface area contributed by atoms with Gasteiger partial charge in [-0.1, -0.05) is 26.2 Å².